The number of nitrogens with two attached hydrogens (primary N) is 1. The van der Waals surface area contributed by atoms with Crippen LogP contribution in [0.15, 0.2) is 56.5 Å². The molecule has 2 aromatic rings. The van der Waals surface area contributed by atoms with Crippen molar-refractivity contribution in [2.45, 2.75) is 12.6 Å². The summed E-state index contributed by atoms with van der Waals surface area (Å²) in [5, 5.41) is 14.5. The molecule has 14 heteroatoms. The Balaban J connectivity index is 1.85. The van der Waals surface area contributed by atoms with Crippen molar-refractivity contribution < 1.29 is 23.0 Å². The molecular formula is C19H22Br2N6O5S. The van der Waals surface area contributed by atoms with Crippen LogP contribution in [0.5, 0.6) is 6.01 Å². The molecule has 0 spiro atoms. The Labute approximate surface area is 208 Å². The lowest BCUT2D eigenvalue weighted by atomic mass is 10.0. The highest BCUT2D eigenvalue weighted by Crippen LogP contribution is 2.30. The van der Waals surface area contributed by atoms with Crippen molar-refractivity contribution in [1.29, 1.82) is 0 Å². The van der Waals surface area contributed by atoms with Crippen molar-refractivity contribution in [3.8, 4) is 6.01 Å². The Hall–Kier alpha value is -2.10. The van der Waals surface area contributed by atoms with Gasteiger partial charge in [-0.3, -0.25) is 0 Å². The molecule has 1 atom stereocenters. The Morgan fingerprint density at radius 3 is 2.39 bits per heavy atom. The van der Waals surface area contributed by atoms with E-state index in [-0.39, 0.29) is 31.7 Å². The van der Waals surface area contributed by atoms with E-state index < -0.39 is 16.4 Å². The van der Waals surface area contributed by atoms with Crippen LogP contribution in [0.4, 0.5) is 0 Å². The molecule has 1 aromatic carbocycles. The fraction of sp³-hybridized carbons (Fsp3) is 0.316. The van der Waals surface area contributed by atoms with Gasteiger partial charge in [-0.15, -0.1) is 0 Å². The van der Waals surface area contributed by atoms with Gasteiger partial charge in [0.2, 0.25) is 5.88 Å². The van der Waals surface area contributed by atoms with Crippen molar-refractivity contribution in [3.63, 3.8) is 0 Å². The third-order valence-corrected chi connectivity index (χ3v) is 5.80. The fourth-order valence-corrected chi connectivity index (χ4v) is 3.97. The average molecular weight is 606 g/mol. The Morgan fingerprint density at radius 2 is 1.76 bits per heavy atom. The van der Waals surface area contributed by atoms with E-state index in [1.54, 1.807) is 29.4 Å². The average Bonchev–Trinajstić information content (AvgIpc) is 2.77. The van der Waals surface area contributed by atoms with Crippen molar-refractivity contribution in [2.75, 3.05) is 26.4 Å². The normalized spacial score (nSPS) is 16.2. The first-order valence-electron chi connectivity index (χ1n) is 9.71. The van der Waals surface area contributed by atoms with Crippen LogP contribution in [0, 0.1) is 0 Å². The number of aromatic nitrogens is 2. The number of hydrogen-bond acceptors (Lipinski definition) is 9. The molecule has 178 valence electrons. The van der Waals surface area contributed by atoms with Crippen LogP contribution in [0.3, 0.4) is 0 Å². The molecule has 0 radical (unpaired) electrons. The minimum absolute atomic E-state index is 0.0669. The molecule has 0 bridgehead atoms. The molecule has 0 aliphatic carbocycles. The molecule has 2 heterocycles. The second kappa shape index (κ2) is 11.9. The maximum absolute atomic E-state index is 11.9. The van der Waals surface area contributed by atoms with Crippen LogP contribution in [-0.4, -0.2) is 67.3 Å². The molecule has 4 N–H and O–H groups in total. The van der Waals surface area contributed by atoms with E-state index in [0.29, 0.717) is 24.1 Å². The van der Waals surface area contributed by atoms with Crippen LogP contribution >= 0.6 is 31.9 Å². The number of aliphatic hydroxyl groups is 1. The minimum atomic E-state index is -4.08. The lowest BCUT2D eigenvalue weighted by Crippen LogP contribution is -2.52. The Kier molecular flexibility index (Phi) is 9.17. The van der Waals surface area contributed by atoms with Gasteiger partial charge in [0.1, 0.15) is 19.4 Å². The van der Waals surface area contributed by atoms with Crippen molar-refractivity contribution >= 4 is 54.0 Å². The summed E-state index contributed by atoms with van der Waals surface area (Å²) in [6.07, 6.45) is 4.09. The summed E-state index contributed by atoms with van der Waals surface area (Å²) >= 11 is 6.65. The van der Waals surface area contributed by atoms with Gasteiger partial charge in [-0.05, 0) is 40.0 Å². The van der Waals surface area contributed by atoms with E-state index in [2.05, 4.69) is 51.5 Å². The van der Waals surface area contributed by atoms with E-state index in [9.17, 15) is 13.5 Å². The van der Waals surface area contributed by atoms with Crippen LogP contribution < -0.4 is 14.6 Å². The van der Waals surface area contributed by atoms with Crippen LogP contribution in [0.2, 0.25) is 0 Å². The molecule has 0 fully saturated rings. The number of halogens is 2. The van der Waals surface area contributed by atoms with Gasteiger partial charge in [-0.25, -0.2) is 20.1 Å². The van der Waals surface area contributed by atoms with Crippen LogP contribution in [-0.2, 0) is 14.9 Å². The van der Waals surface area contributed by atoms with Gasteiger partial charge in [-0.2, -0.15) is 13.1 Å². The third-order valence-electron chi connectivity index (χ3n) is 4.31. The van der Waals surface area contributed by atoms with Crippen molar-refractivity contribution in [3.05, 3.63) is 57.1 Å². The maximum atomic E-state index is 11.9. The molecule has 1 aliphatic heterocycles. The largest absolute Gasteiger partial charge is 0.474 e. The van der Waals surface area contributed by atoms with Gasteiger partial charge < -0.3 is 19.5 Å². The molecule has 3 rings (SSSR count). The van der Waals surface area contributed by atoms with Gasteiger partial charge in [0.25, 0.3) is 10.2 Å². The summed E-state index contributed by atoms with van der Waals surface area (Å²) < 4.78 is 39.2. The highest BCUT2D eigenvalue weighted by atomic mass is 79.9. The summed E-state index contributed by atoms with van der Waals surface area (Å²) in [4.78, 5) is 14.1. The molecule has 0 amide bonds. The number of rotatable bonds is 11. The molecule has 1 aromatic heterocycles. The van der Waals surface area contributed by atoms with E-state index in [1.807, 2.05) is 12.1 Å². The lowest BCUT2D eigenvalue weighted by molar-refractivity contribution is 0.146. The zero-order chi connectivity index (χ0) is 23.8. The smallest absolute Gasteiger partial charge is 0.316 e. The monoisotopic (exact) mass is 604 g/mol. The van der Waals surface area contributed by atoms with E-state index in [4.69, 9.17) is 14.6 Å². The summed E-state index contributed by atoms with van der Waals surface area (Å²) in [5.41, 5.74) is 1.15. The molecule has 11 nitrogen and oxygen atoms in total. The second-order valence-corrected chi connectivity index (χ2v) is 9.89. The summed E-state index contributed by atoms with van der Waals surface area (Å²) in [6, 6.07) is 7.44. The Morgan fingerprint density at radius 1 is 1.09 bits per heavy atom. The quantitative estimate of drug-likeness (QED) is 0.327. The van der Waals surface area contributed by atoms with Crippen LogP contribution in [0.1, 0.15) is 12.0 Å². The molecule has 0 saturated heterocycles. The number of benzene rings is 1. The standard InChI is InChI=1S/C19H22Br2N6O5S/c20-14-4-2-13(3-5-14)16-17(26-33(22,29)30)27(6-1-7-28)12-25-18(16)31-8-9-32-19-23-10-15(21)11-24-19/h2-5,10-12,17,26,28H,1,6-9H2,(H2,22,29,30). The number of aliphatic imine (C=N–C) groups is 1. The fourth-order valence-electron chi connectivity index (χ4n) is 2.94. The Bertz CT molecular complexity index is 1100. The second-order valence-electron chi connectivity index (χ2n) is 6.73. The number of nitrogens with one attached hydrogen (secondary N) is 1. The number of ether oxygens (including phenoxy) is 2. The van der Waals surface area contributed by atoms with E-state index >= 15 is 0 Å². The highest BCUT2D eigenvalue weighted by Gasteiger charge is 2.32. The van der Waals surface area contributed by atoms with Gasteiger partial charge in [0.15, 0.2) is 0 Å². The first kappa shape index (κ1) is 25.5. The summed E-state index contributed by atoms with van der Waals surface area (Å²) in [7, 11) is -4.08. The van der Waals surface area contributed by atoms with Gasteiger partial charge >= 0.3 is 6.01 Å². The SMILES string of the molecule is NS(=O)(=O)NC1C(c2ccc(Br)cc2)=C(OCCOc2ncc(Br)cn2)N=CN1CCCO. The number of nitrogens with zero attached hydrogens (tertiary/aromatic N) is 4. The molecular weight excluding hydrogens is 584 g/mol. The van der Waals surface area contributed by atoms with Gasteiger partial charge in [-0.1, -0.05) is 28.1 Å². The third kappa shape index (κ3) is 7.72. The summed E-state index contributed by atoms with van der Waals surface area (Å²) in [6.45, 7) is 0.508. The maximum Gasteiger partial charge on any atom is 0.316 e. The van der Waals surface area contributed by atoms with Gasteiger partial charge in [0.05, 0.1) is 16.4 Å². The van der Waals surface area contributed by atoms with Gasteiger partial charge in [0, 0.05) is 30.0 Å². The zero-order valence-electron chi connectivity index (χ0n) is 17.3. The van der Waals surface area contributed by atoms with Crippen molar-refractivity contribution in [2.24, 2.45) is 10.1 Å². The van der Waals surface area contributed by atoms with E-state index in [0.717, 1.165) is 8.95 Å². The molecule has 0 saturated carbocycles. The zero-order valence-corrected chi connectivity index (χ0v) is 21.3. The molecule has 1 aliphatic rings. The lowest BCUT2D eigenvalue weighted by Gasteiger charge is -2.35. The topological polar surface area (TPSA) is 152 Å². The predicted octanol–water partition coefficient (Wildman–Crippen LogP) is 1.61. The van der Waals surface area contributed by atoms with Crippen LogP contribution in [0.25, 0.3) is 5.57 Å². The first-order valence-corrected chi connectivity index (χ1v) is 12.8. The number of hydrogen-bond donors (Lipinski definition) is 3. The molecule has 1 unspecified atom stereocenters. The predicted molar refractivity (Wildman–Crippen MR) is 129 cm³/mol. The highest BCUT2D eigenvalue weighted by molar-refractivity contribution is 9.10. The number of aliphatic hydroxyl groups excluding tert-OH is 1. The van der Waals surface area contributed by atoms with Crippen molar-refractivity contribution in [1.82, 2.24) is 19.6 Å². The molecule has 33 heavy (non-hydrogen) atoms. The first-order chi connectivity index (χ1) is 15.8. The van der Waals surface area contributed by atoms with E-state index in [1.165, 1.54) is 6.34 Å². The summed E-state index contributed by atoms with van der Waals surface area (Å²) in [5.74, 6) is 0.207. The minimum Gasteiger partial charge on any atom is -0.474 e.